The molecule has 0 saturated carbocycles. The first-order valence-electron chi connectivity index (χ1n) is 9.21. The highest BCUT2D eigenvalue weighted by Crippen LogP contribution is 2.04. The summed E-state index contributed by atoms with van der Waals surface area (Å²) in [5, 5.41) is 12.4. The van der Waals surface area contributed by atoms with Crippen LogP contribution in [-0.4, -0.2) is 30.2 Å². The van der Waals surface area contributed by atoms with Crippen LogP contribution in [0.4, 0.5) is 4.39 Å². The SMILES string of the molecule is CC(NC(=O)CN)C(=O)NCc1ccc(C(=N)N)cc1.CCc1ccc(F)cc1. The Balaban J connectivity index is 0.000000387. The molecule has 0 heterocycles. The maximum Gasteiger partial charge on any atom is 0.242 e. The van der Waals surface area contributed by atoms with E-state index in [4.69, 9.17) is 16.9 Å². The second kappa shape index (κ2) is 12.2. The number of rotatable bonds is 7. The number of halogens is 1. The van der Waals surface area contributed by atoms with Gasteiger partial charge in [-0.2, -0.15) is 0 Å². The van der Waals surface area contributed by atoms with Gasteiger partial charge in [-0.1, -0.05) is 43.3 Å². The molecule has 0 fully saturated rings. The summed E-state index contributed by atoms with van der Waals surface area (Å²) in [6.45, 7) is 3.82. The third kappa shape index (κ3) is 8.98. The smallest absolute Gasteiger partial charge is 0.242 e. The van der Waals surface area contributed by atoms with Crippen LogP contribution < -0.4 is 22.1 Å². The van der Waals surface area contributed by atoms with Crippen LogP contribution in [-0.2, 0) is 22.6 Å². The molecule has 2 rings (SSSR count). The zero-order valence-corrected chi connectivity index (χ0v) is 16.7. The maximum absolute atomic E-state index is 12.2. The Labute approximate surface area is 170 Å². The highest BCUT2D eigenvalue weighted by Gasteiger charge is 2.14. The number of hydrogen-bond donors (Lipinski definition) is 5. The Bertz CT molecular complexity index is 807. The van der Waals surface area contributed by atoms with E-state index in [0.29, 0.717) is 12.1 Å². The standard InChI is InChI=1S/C13H19N5O2.C8H9F/c1-8(18-11(19)6-14)13(20)17-7-9-2-4-10(5-3-9)12(15)16;1-2-7-3-5-8(9)6-4-7/h2-5,8H,6-7,14H2,1H3,(H3,15,16)(H,17,20)(H,18,19);3-6H,2H2,1H3. The van der Waals surface area contributed by atoms with Crippen LogP contribution in [0.25, 0.3) is 0 Å². The summed E-state index contributed by atoms with van der Waals surface area (Å²) in [5.74, 6) is -0.827. The molecule has 0 radical (unpaired) electrons. The fraction of sp³-hybridized carbons (Fsp3) is 0.286. The minimum Gasteiger partial charge on any atom is -0.384 e. The second-order valence-electron chi connectivity index (χ2n) is 6.30. The number of amides is 2. The number of nitrogens with two attached hydrogens (primary N) is 2. The van der Waals surface area contributed by atoms with Gasteiger partial charge in [0.1, 0.15) is 17.7 Å². The lowest BCUT2D eigenvalue weighted by molar-refractivity contribution is -0.128. The van der Waals surface area contributed by atoms with E-state index >= 15 is 0 Å². The van der Waals surface area contributed by atoms with Crippen LogP contribution in [0.15, 0.2) is 48.5 Å². The maximum atomic E-state index is 12.2. The summed E-state index contributed by atoms with van der Waals surface area (Å²) in [5.41, 5.74) is 13.2. The highest BCUT2D eigenvalue weighted by molar-refractivity contribution is 5.94. The van der Waals surface area contributed by atoms with E-state index < -0.39 is 6.04 Å². The van der Waals surface area contributed by atoms with Gasteiger partial charge in [-0.05, 0) is 36.6 Å². The average molecular weight is 401 g/mol. The molecule has 7 N–H and O–H groups in total. The fourth-order valence-corrected chi connectivity index (χ4v) is 2.23. The Morgan fingerprint density at radius 3 is 2.10 bits per heavy atom. The molecule has 0 aliphatic carbocycles. The van der Waals surface area contributed by atoms with Gasteiger partial charge in [0.2, 0.25) is 11.8 Å². The largest absolute Gasteiger partial charge is 0.384 e. The molecule has 0 aliphatic heterocycles. The highest BCUT2D eigenvalue weighted by atomic mass is 19.1. The number of aryl methyl sites for hydroxylation is 1. The summed E-state index contributed by atoms with van der Waals surface area (Å²) in [6.07, 6.45) is 0.972. The molecule has 0 aliphatic rings. The predicted molar refractivity (Wildman–Crippen MR) is 112 cm³/mol. The van der Waals surface area contributed by atoms with Crippen molar-refractivity contribution in [1.29, 1.82) is 5.41 Å². The first-order chi connectivity index (χ1) is 13.8. The molecule has 0 bridgehead atoms. The van der Waals surface area contributed by atoms with E-state index in [2.05, 4.69) is 10.6 Å². The lowest BCUT2D eigenvalue weighted by Gasteiger charge is -2.13. The Morgan fingerprint density at radius 2 is 1.62 bits per heavy atom. The first-order valence-corrected chi connectivity index (χ1v) is 9.21. The van der Waals surface area contributed by atoms with E-state index in [9.17, 15) is 14.0 Å². The molecule has 0 saturated heterocycles. The van der Waals surface area contributed by atoms with Gasteiger partial charge >= 0.3 is 0 Å². The molecule has 156 valence electrons. The summed E-state index contributed by atoms with van der Waals surface area (Å²) in [6, 6.07) is 12.9. The zero-order valence-electron chi connectivity index (χ0n) is 16.7. The van der Waals surface area contributed by atoms with Crippen molar-refractivity contribution in [2.75, 3.05) is 6.54 Å². The normalized spacial score (nSPS) is 10.9. The number of nitrogens with one attached hydrogen (secondary N) is 3. The zero-order chi connectivity index (χ0) is 21.8. The third-order valence-electron chi connectivity index (χ3n) is 4.01. The molecular weight excluding hydrogens is 373 g/mol. The van der Waals surface area contributed by atoms with Crippen molar-refractivity contribution in [3.05, 3.63) is 71.0 Å². The van der Waals surface area contributed by atoms with E-state index in [0.717, 1.165) is 12.0 Å². The van der Waals surface area contributed by atoms with Crippen molar-refractivity contribution in [3.8, 4) is 0 Å². The van der Waals surface area contributed by atoms with Crippen molar-refractivity contribution in [1.82, 2.24) is 10.6 Å². The Kier molecular flexibility index (Phi) is 10.0. The van der Waals surface area contributed by atoms with Crippen LogP contribution in [0, 0.1) is 11.2 Å². The summed E-state index contributed by atoms with van der Waals surface area (Å²) in [4.78, 5) is 22.8. The van der Waals surface area contributed by atoms with E-state index in [-0.39, 0.29) is 30.0 Å². The van der Waals surface area contributed by atoms with Crippen LogP contribution in [0.2, 0.25) is 0 Å². The number of carbonyl (C=O) groups is 2. The van der Waals surface area contributed by atoms with Crippen molar-refractivity contribution in [3.63, 3.8) is 0 Å². The van der Waals surface area contributed by atoms with E-state index in [1.54, 1.807) is 43.3 Å². The number of carbonyl (C=O) groups excluding carboxylic acids is 2. The van der Waals surface area contributed by atoms with Crippen LogP contribution in [0.3, 0.4) is 0 Å². The molecule has 7 nitrogen and oxygen atoms in total. The lowest BCUT2D eigenvalue weighted by Crippen LogP contribution is -2.46. The Morgan fingerprint density at radius 1 is 1.07 bits per heavy atom. The number of benzene rings is 2. The molecule has 1 unspecified atom stereocenters. The topological polar surface area (TPSA) is 134 Å². The molecule has 1 atom stereocenters. The van der Waals surface area contributed by atoms with Crippen LogP contribution in [0.5, 0.6) is 0 Å². The monoisotopic (exact) mass is 401 g/mol. The van der Waals surface area contributed by atoms with Gasteiger partial charge in [-0.25, -0.2) is 4.39 Å². The molecule has 29 heavy (non-hydrogen) atoms. The predicted octanol–water partition coefficient (Wildman–Crippen LogP) is 1.44. The molecular formula is C21H28FN5O2. The average Bonchev–Trinajstić information content (AvgIpc) is 2.73. The Hall–Kier alpha value is -3.26. The van der Waals surface area contributed by atoms with Crippen molar-refractivity contribution in [2.24, 2.45) is 11.5 Å². The number of amidine groups is 1. The summed E-state index contributed by atoms with van der Waals surface area (Å²) < 4.78 is 12.2. The van der Waals surface area contributed by atoms with Gasteiger partial charge in [-0.3, -0.25) is 15.0 Å². The van der Waals surface area contributed by atoms with Gasteiger partial charge in [0, 0.05) is 12.1 Å². The van der Waals surface area contributed by atoms with Crippen molar-refractivity contribution >= 4 is 17.6 Å². The van der Waals surface area contributed by atoms with E-state index in [1.165, 1.54) is 17.7 Å². The minimum absolute atomic E-state index is 0.00120. The van der Waals surface area contributed by atoms with Gasteiger partial charge < -0.3 is 22.1 Å². The number of hydrogen-bond acceptors (Lipinski definition) is 4. The number of nitrogen functional groups attached to an aromatic ring is 1. The lowest BCUT2D eigenvalue weighted by atomic mass is 10.1. The van der Waals surface area contributed by atoms with Crippen molar-refractivity contribution in [2.45, 2.75) is 32.9 Å². The second-order valence-corrected chi connectivity index (χ2v) is 6.30. The fourth-order valence-electron chi connectivity index (χ4n) is 2.23. The molecule has 2 amide bonds. The van der Waals surface area contributed by atoms with E-state index in [1.807, 2.05) is 6.92 Å². The summed E-state index contributed by atoms with van der Waals surface area (Å²) in [7, 11) is 0. The quantitative estimate of drug-likeness (QED) is 0.354. The molecule has 2 aromatic rings. The van der Waals surface area contributed by atoms with Gasteiger partial charge in [0.25, 0.3) is 0 Å². The molecule has 0 spiro atoms. The summed E-state index contributed by atoms with van der Waals surface area (Å²) >= 11 is 0. The third-order valence-corrected chi connectivity index (χ3v) is 4.01. The molecule has 2 aromatic carbocycles. The first kappa shape index (κ1) is 23.8. The van der Waals surface area contributed by atoms with Crippen molar-refractivity contribution < 1.29 is 14.0 Å². The van der Waals surface area contributed by atoms with Gasteiger partial charge in [0.15, 0.2) is 0 Å². The van der Waals surface area contributed by atoms with Crippen LogP contribution >= 0.6 is 0 Å². The van der Waals surface area contributed by atoms with Gasteiger partial charge in [-0.15, -0.1) is 0 Å². The molecule has 8 heteroatoms. The van der Waals surface area contributed by atoms with Gasteiger partial charge in [0.05, 0.1) is 6.54 Å². The minimum atomic E-state index is -0.637. The van der Waals surface area contributed by atoms with Crippen LogP contribution in [0.1, 0.15) is 30.5 Å². The molecule has 0 aromatic heterocycles.